The quantitative estimate of drug-likeness (QED) is 0.529. The van der Waals surface area contributed by atoms with E-state index in [9.17, 15) is 9.67 Å². The summed E-state index contributed by atoms with van der Waals surface area (Å²) in [5, 5.41) is 11.9. The largest absolute Gasteiger partial charge is 0.508 e. The highest BCUT2D eigenvalue weighted by atomic mass is 31.2. The lowest BCUT2D eigenvalue weighted by Crippen LogP contribution is -2.24. The van der Waals surface area contributed by atoms with E-state index < -0.39 is 7.14 Å². The SMILES string of the molecule is O=P(c1ccccc1)(c1ccccc1)c1ccc(-c2ccc(O)cc2)cc1. The molecule has 4 aromatic rings. The van der Waals surface area contributed by atoms with Crippen molar-refractivity contribution >= 4 is 23.1 Å². The summed E-state index contributed by atoms with van der Waals surface area (Å²) in [4.78, 5) is 0. The molecule has 0 saturated carbocycles. The molecule has 0 radical (unpaired) electrons. The number of aromatic hydroxyl groups is 1. The van der Waals surface area contributed by atoms with Gasteiger partial charge in [-0.05, 0) is 23.3 Å². The Hall–Kier alpha value is -3.09. The molecule has 0 spiro atoms. The van der Waals surface area contributed by atoms with Crippen LogP contribution < -0.4 is 15.9 Å². The Morgan fingerprint density at radius 2 is 0.852 bits per heavy atom. The summed E-state index contributed by atoms with van der Waals surface area (Å²) < 4.78 is 14.3. The van der Waals surface area contributed by atoms with Gasteiger partial charge in [0.05, 0.1) is 0 Å². The predicted octanol–water partition coefficient (Wildman–Crippen LogP) is 4.70. The molecule has 0 aliphatic rings. The van der Waals surface area contributed by atoms with Gasteiger partial charge in [0.15, 0.2) is 7.14 Å². The molecule has 0 atom stereocenters. The van der Waals surface area contributed by atoms with Gasteiger partial charge in [0.2, 0.25) is 0 Å². The molecule has 0 aliphatic heterocycles. The number of hydrogen-bond donors (Lipinski definition) is 1. The predicted molar refractivity (Wildman–Crippen MR) is 113 cm³/mol. The van der Waals surface area contributed by atoms with Gasteiger partial charge in [0, 0.05) is 15.9 Å². The van der Waals surface area contributed by atoms with Gasteiger partial charge in [-0.1, -0.05) is 97.1 Å². The molecule has 0 heterocycles. The first-order valence-electron chi connectivity index (χ1n) is 8.79. The fraction of sp³-hybridized carbons (Fsp3) is 0. The Kier molecular flexibility index (Phi) is 4.66. The average molecular weight is 370 g/mol. The maximum atomic E-state index is 14.3. The van der Waals surface area contributed by atoms with Gasteiger partial charge < -0.3 is 9.67 Å². The summed E-state index contributed by atoms with van der Waals surface area (Å²) >= 11 is 0. The maximum absolute atomic E-state index is 14.3. The van der Waals surface area contributed by atoms with E-state index >= 15 is 0 Å². The first-order valence-corrected chi connectivity index (χ1v) is 10.5. The molecule has 0 unspecified atom stereocenters. The van der Waals surface area contributed by atoms with Crippen LogP contribution in [-0.4, -0.2) is 5.11 Å². The molecular formula is C24H19O2P. The van der Waals surface area contributed by atoms with Crippen molar-refractivity contribution in [3.8, 4) is 16.9 Å². The normalized spacial score (nSPS) is 11.3. The van der Waals surface area contributed by atoms with Crippen molar-refractivity contribution in [1.82, 2.24) is 0 Å². The number of hydrogen-bond acceptors (Lipinski definition) is 2. The van der Waals surface area contributed by atoms with Crippen molar-refractivity contribution in [2.45, 2.75) is 0 Å². The smallest absolute Gasteiger partial charge is 0.171 e. The van der Waals surface area contributed by atoms with Crippen LogP contribution in [0.3, 0.4) is 0 Å². The molecule has 0 saturated heterocycles. The molecule has 4 rings (SSSR count). The minimum atomic E-state index is -2.94. The van der Waals surface area contributed by atoms with Gasteiger partial charge in [-0.3, -0.25) is 0 Å². The lowest BCUT2D eigenvalue weighted by atomic mass is 10.1. The van der Waals surface area contributed by atoms with Gasteiger partial charge >= 0.3 is 0 Å². The summed E-state index contributed by atoms with van der Waals surface area (Å²) in [6.45, 7) is 0. The van der Waals surface area contributed by atoms with Crippen molar-refractivity contribution < 1.29 is 9.67 Å². The van der Waals surface area contributed by atoms with E-state index in [0.29, 0.717) is 0 Å². The van der Waals surface area contributed by atoms with Gasteiger partial charge in [0.25, 0.3) is 0 Å². The molecule has 0 bridgehead atoms. The minimum Gasteiger partial charge on any atom is -0.508 e. The minimum absolute atomic E-state index is 0.244. The van der Waals surface area contributed by atoms with Crippen molar-refractivity contribution in [2.75, 3.05) is 0 Å². The van der Waals surface area contributed by atoms with Gasteiger partial charge in [-0.25, -0.2) is 0 Å². The highest BCUT2D eigenvalue weighted by molar-refractivity contribution is 7.85. The second-order valence-corrected chi connectivity index (χ2v) is 9.14. The van der Waals surface area contributed by atoms with Crippen molar-refractivity contribution in [1.29, 1.82) is 0 Å². The third kappa shape index (κ3) is 3.32. The van der Waals surface area contributed by atoms with Crippen molar-refractivity contribution in [3.05, 3.63) is 109 Å². The van der Waals surface area contributed by atoms with E-state index in [-0.39, 0.29) is 5.75 Å². The monoisotopic (exact) mass is 370 g/mol. The van der Waals surface area contributed by atoms with Crippen LogP contribution in [0.1, 0.15) is 0 Å². The molecular weight excluding hydrogens is 351 g/mol. The zero-order valence-corrected chi connectivity index (χ0v) is 15.6. The standard InChI is InChI=1S/C24H19O2P/c25-21-15-11-19(12-16-21)20-13-17-24(18-14-20)27(26,22-7-3-1-4-8-22)23-9-5-2-6-10-23/h1-18,25H. The number of rotatable bonds is 4. The molecule has 27 heavy (non-hydrogen) atoms. The second-order valence-electron chi connectivity index (χ2n) is 6.37. The van der Waals surface area contributed by atoms with Crippen LogP contribution in [0.15, 0.2) is 109 Å². The molecule has 0 fully saturated rings. The third-order valence-electron chi connectivity index (χ3n) is 4.67. The van der Waals surface area contributed by atoms with E-state index in [0.717, 1.165) is 27.0 Å². The van der Waals surface area contributed by atoms with Crippen LogP contribution >= 0.6 is 7.14 Å². The second kappa shape index (κ2) is 7.26. The highest BCUT2D eigenvalue weighted by Crippen LogP contribution is 2.42. The molecule has 3 heteroatoms. The van der Waals surface area contributed by atoms with Crippen LogP contribution in [0.5, 0.6) is 5.75 Å². The maximum Gasteiger partial charge on any atom is 0.171 e. The summed E-state index contributed by atoms with van der Waals surface area (Å²) in [5.41, 5.74) is 2.03. The van der Waals surface area contributed by atoms with Gasteiger partial charge in [-0.15, -0.1) is 0 Å². The Morgan fingerprint density at radius 3 is 1.30 bits per heavy atom. The first kappa shape index (κ1) is 17.3. The molecule has 132 valence electrons. The Labute approximate surface area is 159 Å². The summed E-state index contributed by atoms with van der Waals surface area (Å²) in [6, 6.07) is 34.3. The van der Waals surface area contributed by atoms with Crippen molar-refractivity contribution in [2.24, 2.45) is 0 Å². The third-order valence-corrected chi connectivity index (χ3v) is 7.75. The molecule has 0 aliphatic carbocycles. The lowest BCUT2D eigenvalue weighted by Gasteiger charge is -2.20. The number of phenols is 1. The van der Waals surface area contributed by atoms with E-state index in [1.165, 1.54) is 0 Å². The van der Waals surface area contributed by atoms with Gasteiger partial charge in [-0.2, -0.15) is 0 Å². The number of phenolic OH excluding ortho intramolecular Hbond substituents is 1. The van der Waals surface area contributed by atoms with Crippen LogP contribution in [0, 0.1) is 0 Å². The fourth-order valence-corrected chi connectivity index (χ4v) is 5.89. The zero-order chi connectivity index (χ0) is 18.7. The summed E-state index contributed by atoms with van der Waals surface area (Å²) in [5.74, 6) is 0.244. The lowest BCUT2D eigenvalue weighted by molar-refractivity contribution is 0.475. The first-order chi connectivity index (χ1) is 13.2. The van der Waals surface area contributed by atoms with Crippen LogP contribution in [-0.2, 0) is 4.57 Å². The van der Waals surface area contributed by atoms with Crippen LogP contribution in [0.2, 0.25) is 0 Å². The molecule has 4 aromatic carbocycles. The fourth-order valence-electron chi connectivity index (χ4n) is 3.24. The summed E-state index contributed by atoms with van der Waals surface area (Å²) in [7, 11) is -2.94. The summed E-state index contributed by atoms with van der Waals surface area (Å²) in [6.07, 6.45) is 0. The average Bonchev–Trinajstić information content (AvgIpc) is 2.75. The van der Waals surface area contributed by atoms with Crippen LogP contribution in [0.4, 0.5) is 0 Å². The molecule has 2 nitrogen and oxygen atoms in total. The van der Waals surface area contributed by atoms with Crippen LogP contribution in [0.25, 0.3) is 11.1 Å². The van der Waals surface area contributed by atoms with Gasteiger partial charge in [0.1, 0.15) is 5.75 Å². The molecule has 1 N–H and O–H groups in total. The Morgan fingerprint density at radius 1 is 0.481 bits per heavy atom. The molecule has 0 aromatic heterocycles. The van der Waals surface area contributed by atoms with E-state index in [2.05, 4.69) is 0 Å². The van der Waals surface area contributed by atoms with E-state index in [1.54, 1.807) is 12.1 Å². The number of benzene rings is 4. The highest BCUT2D eigenvalue weighted by Gasteiger charge is 2.29. The van der Waals surface area contributed by atoms with E-state index in [4.69, 9.17) is 0 Å². The Balaban J connectivity index is 1.82. The topological polar surface area (TPSA) is 37.3 Å². The Bertz CT molecular complexity index is 1030. The zero-order valence-electron chi connectivity index (χ0n) is 14.7. The molecule has 0 amide bonds. The van der Waals surface area contributed by atoms with E-state index in [1.807, 2.05) is 97.1 Å². The van der Waals surface area contributed by atoms with Crippen molar-refractivity contribution in [3.63, 3.8) is 0 Å².